The lowest BCUT2D eigenvalue weighted by Gasteiger charge is -2.17. The van der Waals surface area contributed by atoms with E-state index in [4.69, 9.17) is 0 Å². The number of hydrogen-bond acceptors (Lipinski definition) is 3. The van der Waals surface area contributed by atoms with E-state index >= 15 is 0 Å². The molecule has 1 amide bonds. The standard InChI is InChI=1S/C12H17F3N4O/c1-8-10(5-17-18-8)11(20)16-4-9-2-3-19(6-9)7-12(13,14)15/h5,9H,2-4,6-7H2,1H3,(H,16,20)(H,17,18). The van der Waals surface area contributed by atoms with Gasteiger partial charge >= 0.3 is 6.18 Å². The van der Waals surface area contributed by atoms with Crippen LogP contribution in [0.3, 0.4) is 0 Å². The number of amides is 1. The number of nitrogens with one attached hydrogen (secondary N) is 2. The highest BCUT2D eigenvalue weighted by molar-refractivity contribution is 5.94. The lowest BCUT2D eigenvalue weighted by molar-refractivity contribution is -0.143. The van der Waals surface area contributed by atoms with Gasteiger partial charge in [-0.1, -0.05) is 0 Å². The fourth-order valence-electron chi connectivity index (χ4n) is 2.39. The topological polar surface area (TPSA) is 61.0 Å². The van der Waals surface area contributed by atoms with Crippen LogP contribution in [-0.2, 0) is 0 Å². The number of aromatic nitrogens is 2. The van der Waals surface area contributed by atoms with E-state index in [1.807, 2.05) is 0 Å². The first kappa shape index (κ1) is 14.8. The van der Waals surface area contributed by atoms with Gasteiger partial charge in [-0.25, -0.2) is 0 Å². The van der Waals surface area contributed by atoms with Gasteiger partial charge in [-0.05, 0) is 25.8 Å². The zero-order chi connectivity index (χ0) is 14.8. The molecule has 0 spiro atoms. The van der Waals surface area contributed by atoms with Gasteiger partial charge in [0.15, 0.2) is 0 Å². The van der Waals surface area contributed by atoms with Gasteiger partial charge in [0, 0.05) is 18.8 Å². The molecule has 1 aromatic rings. The summed E-state index contributed by atoms with van der Waals surface area (Å²) in [5.41, 5.74) is 1.14. The summed E-state index contributed by atoms with van der Waals surface area (Å²) in [5, 5.41) is 9.17. The number of carbonyl (C=O) groups is 1. The van der Waals surface area contributed by atoms with Gasteiger partial charge in [-0.15, -0.1) is 0 Å². The second-order valence-corrected chi connectivity index (χ2v) is 5.12. The van der Waals surface area contributed by atoms with Gasteiger partial charge in [0.05, 0.1) is 18.3 Å². The minimum Gasteiger partial charge on any atom is -0.352 e. The Kier molecular flexibility index (Phi) is 4.32. The van der Waals surface area contributed by atoms with Crippen LogP contribution in [0.25, 0.3) is 0 Å². The zero-order valence-electron chi connectivity index (χ0n) is 11.1. The first-order valence-electron chi connectivity index (χ1n) is 6.42. The Morgan fingerprint density at radius 3 is 2.95 bits per heavy atom. The quantitative estimate of drug-likeness (QED) is 0.879. The smallest absolute Gasteiger partial charge is 0.352 e. The molecule has 0 aromatic carbocycles. The highest BCUT2D eigenvalue weighted by Crippen LogP contribution is 2.22. The largest absolute Gasteiger partial charge is 0.401 e. The van der Waals surface area contributed by atoms with Crippen LogP contribution < -0.4 is 5.32 Å². The number of carbonyl (C=O) groups excluding carboxylic acids is 1. The maximum atomic E-state index is 12.3. The van der Waals surface area contributed by atoms with Gasteiger partial charge in [0.25, 0.3) is 5.91 Å². The Bertz CT molecular complexity index is 472. The normalized spacial score (nSPS) is 20.3. The first-order valence-corrected chi connectivity index (χ1v) is 6.42. The number of alkyl halides is 3. The van der Waals surface area contributed by atoms with Crippen LogP contribution >= 0.6 is 0 Å². The summed E-state index contributed by atoms with van der Waals surface area (Å²) in [6, 6.07) is 0. The van der Waals surface area contributed by atoms with Crippen molar-refractivity contribution in [1.82, 2.24) is 20.4 Å². The third kappa shape index (κ3) is 3.96. The number of H-pyrrole nitrogens is 1. The first-order chi connectivity index (χ1) is 9.35. The fourth-order valence-corrected chi connectivity index (χ4v) is 2.39. The van der Waals surface area contributed by atoms with E-state index in [1.54, 1.807) is 6.92 Å². The van der Waals surface area contributed by atoms with Crippen LogP contribution in [-0.4, -0.2) is 53.4 Å². The highest BCUT2D eigenvalue weighted by atomic mass is 19.4. The third-order valence-corrected chi connectivity index (χ3v) is 3.40. The number of likely N-dealkylation sites (tertiary alicyclic amines) is 1. The van der Waals surface area contributed by atoms with E-state index in [9.17, 15) is 18.0 Å². The van der Waals surface area contributed by atoms with Crippen molar-refractivity contribution in [3.8, 4) is 0 Å². The molecule has 1 aromatic heterocycles. The maximum Gasteiger partial charge on any atom is 0.401 e. The molecule has 2 rings (SSSR count). The van der Waals surface area contributed by atoms with Crippen LogP contribution in [0.5, 0.6) is 0 Å². The lowest BCUT2D eigenvalue weighted by Crippen LogP contribution is -2.34. The molecular weight excluding hydrogens is 273 g/mol. The fraction of sp³-hybridized carbons (Fsp3) is 0.667. The van der Waals surface area contributed by atoms with Gasteiger partial charge < -0.3 is 5.32 Å². The van der Waals surface area contributed by atoms with Crippen molar-refractivity contribution in [2.45, 2.75) is 19.5 Å². The molecule has 1 fully saturated rings. The van der Waals surface area contributed by atoms with Gasteiger partial charge in [0.2, 0.25) is 0 Å². The Balaban J connectivity index is 1.76. The predicted octanol–water partition coefficient (Wildman–Crippen LogP) is 1.33. The molecule has 2 heterocycles. The van der Waals surface area contributed by atoms with E-state index in [2.05, 4.69) is 15.5 Å². The molecule has 0 saturated carbocycles. The molecular formula is C12H17F3N4O. The number of aromatic amines is 1. The Labute approximate surface area is 114 Å². The SMILES string of the molecule is Cc1[nH]ncc1C(=O)NCC1CCN(CC(F)(F)F)C1. The van der Waals surface area contributed by atoms with Crippen molar-refractivity contribution in [3.05, 3.63) is 17.5 Å². The van der Waals surface area contributed by atoms with Crippen molar-refractivity contribution >= 4 is 5.91 Å². The van der Waals surface area contributed by atoms with Crippen LogP contribution in [0.2, 0.25) is 0 Å². The van der Waals surface area contributed by atoms with Gasteiger partial charge in [-0.3, -0.25) is 14.8 Å². The maximum absolute atomic E-state index is 12.3. The Morgan fingerprint density at radius 1 is 1.60 bits per heavy atom. The predicted molar refractivity (Wildman–Crippen MR) is 66.3 cm³/mol. The molecule has 2 N–H and O–H groups in total. The van der Waals surface area contributed by atoms with Crippen molar-refractivity contribution in [1.29, 1.82) is 0 Å². The third-order valence-electron chi connectivity index (χ3n) is 3.40. The second kappa shape index (κ2) is 5.82. The molecule has 0 radical (unpaired) electrons. The highest BCUT2D eigenvalue weighted by Gasteiger charge is 2.34. The molecule has 1 saturated heterocycles. The molecule has 20 heavy (non-hydrogen) atoms. The molecule has 0 aliphatic carbocycles. The molecule has 0 bridgehead atoms. The molecule has 1 aliphatic rings. The summed E-state index contributed by atoms with van der Waals surface area (Å²) in [6.07, 6.45) is -2.05. The average Bonchev–Trinajstić information content (AvgIpc) is 2.93. The summed E-state index contributed by atoms with van der Waals surface area (Å²) < 4.78 is 36.8. The van der Waals surface area contributed by atoms with Gasteiger partial charge in [0.1, 0.15) is 0 Å². The zero-order valence-corrected chi connectivity index (χ0v) is 11.1. The van der Waals surface area contributed by atoms with Crippen molar-refractivity contribution < 1.29 is 18.0 Å². The van der Waals surface area contributed by atoms with E-state index in [0.29, 0.717) is 37.3 Å². The summed E-state index contributed by atoms with van der Waals surface area (Å²) in [6.45, 7) is 2.04. The van der Waals surface area contributed by atoms with E-state index in [1.165, 1.54) is 11.1 Å². The minimum atomic E-state index is -4.16. The van der Waals surface area contributed by atoms with Crippen molar-refractivity contribution in [3.63, 3.8) is 0 Å². The van der Waals surface area contributed by atoms with Crippen LogP contribution in [0, 0.1) is 12.8 Å². The number of nitrogens with zero attached hydrogens (tertiary/aromatic N) is 2. The monoisotopic (exact) mass is 290 g/mol. The Morgan fingerprint density at radius 2 is 2.35 bits per heavy atom. The van der Waals surface area contributed by atoms with E-state index < -0.39 is 12.7 Å². The molecule has 5 nitrogen and oxygen atoms in total. The van der Waals surface area contributed by atoms with Crippen molar-refractivity contribution in [2.24, 2.45) is 5.92 Å². The number of hydrogen-bond donors (Lipinski definition) is 2. The van der Waals surface area contributed by atoms with Crippen LogP contribution in [0.15, 0.2) is 6.20 Å². The molecule has 112 valence electrons. The molecule has 1 unspecified atom stereocenters. The summed E-state index contributed by atoms with van der Waals surface area (Å²) >= 11 is 0. The molecule has 1 atom stereocenters. The van der Waals surface area contributed by atoms with E-state index in [0.717, 1.165) is 0 Å². The number of rotatable bonds is 4. The molecule has 1 aliphatic heterocycles. The molecule has 8 heteroatoms. The second-order valence-electron chi connectivity index (χ2n) is 5.12. The summed E-state index contributed by atoms with van der Waals surface area (Å²) in [5.74, 6) is -0.181. The lowest BCUT2D eigenvalue weighted by atomic mass is 10.1. The van der Waals surface area contributed by atoms with E-state index in [-0.39, 0.29) is 11.8 Å². The van der Waals surface area contributed by atoms with Crippen LogP contribution in [0.1, 0.15) is 22.5 Å². The number of aryl methyl sites for hydroxylation is 1. The summed E-state index contributed by atoms with van der Waals surface area (Å²) in [7, 11) is 0. The minimum absolute atomic E-state index is 0.0634. The Hall–Kier alpha value is -1.57. The summed E-state index contributed by atoms with van der Waals surface area (Å²) in [4.78, 5) is 13.2. The van der Waals surface area contributed by atoms with Crippen LogP contribution in [0.4, 0.5) is 13.2 Å². The average molecular weight is 290 g/mol. The van der Waals surface area contributed by atoms with Crippen molar-refractivity contribution in [2.75, 3.05) is 26.2 Å². The number of halogens is 3. The van der Waals surface area contributed by atoms with Gasteiger partial charge in [-0.2, -0.15) is 18.3 Å².